The summed E-state index contributed by atoms with van der Waals surface area (Å²) in [6.45, 7) is 1.96. The molecule has 0 amide bonds. The summed E-state index contributed by atoms with van der Waals surface area (Å²) in [5.41, 5.74) is 7.74. The van der Waals surface area contributed by atoms with E-state index in [4.69, 9.17) is 11.0 Å². The van der Waals surface area contributed by atoms with E-state index in [2.05, 4.69) is 24.3 Å². The van der Waals surface area contributed by atoms with Gasteiger partial charge in [0.15, 0.2) is 0 Å². The second kappa shape index (κ2) is 5.99. The number of rotatable bonds is 5. The summed E-state index contributed by atoms with van der Waals surface area (Å²) in [6.07, 6.45) is 1.08. The fraction of sp³-hybridized carbons (Fsp3) is 0.417. The molecular weight excluding hydrogens is 200 g/mol. The molecule has 0 radical (unpaired) electrons. The van der Waals surface area contributed by atoms with Crippen LogP contribution in [0.15, 0.2) is 18.2 Å². The molecule has 0 saturated heterocycles. The highest BCUT2D eigenvalue weighted by Gasteiger charge is 1.99. The van der Waals surface area contributed by atoms with Crippen molar-refractivity contribution in [1.82, 2.24) is 4.90 Å². The summed E-state index contributed by atoms with van der Waals surface area (Å²) in [4.78, 5) is 2.15. The number of nitrogen functional groups attached to an aromatic ring is 1. The normalized spacial score (nSPS) is 10.1. The molecule has 0 aliphatic rings. The minimum atomic E-state index is 0.527. The van der Waals surface area contributed by atoms with Gasteiger partial charge in [-0.25, -0.2) is 0 Å². The molecule has 4 heteroatoms. The molecule has 0 aliphatic heterocycles. The van der Waals surface area contributed by atoms with Gasteiger partial charge < -0.3 is 16.0 Å². The number of nitrogens with zero attached hydrogens (tertiary/aromatic N) is 2. The molecule has 1 aromatic rings. The van der Waals surface area contributed by atoms with Gasteiger partial charge in [-0.05, 0) is 45.3 Å². The first-order valence-electron chi connectivity index (χ1n) is 5.31. The van der Waals surface area contributed by atoms with Gasteiger partial charge in [-0.1, -0.05) is 0 Å². The first-order chi connectivity index (χ1) is 7.63. The molecule has 0 fully saturated rings. The largest absolute Gasteiger partial charge is 0.398 e. The Bertz CT molecular complexity index is 379. The van der Waals surface area contributed by atoms with E-state index in [1.807, 2.05) is 12.1 Å². The average molecular weight is 218 g/mol. The Hall–Kier alpha value is -1.73. The van der Waals surface area contributed by atoms with Gasteiger partial charge in [0.1, 0.15) is 6.07 Å². The third-order valence-corrected chi connectivity index (χ3v) is 2.28. The maximum Gasteiger partial charge on any atom is 0.101 e. The third-order valence-electron chi connectivity index (χ3n) is 2.28. The highest BCUT2D eigenvalue weighted by atomic mass is 15.1. The van der Waals surface area contributed by atoms with Crippen LogP contribution in [0, 0.1) is 11.3 Å². The topological polar surface area (TPSA) is 65.1 Å². The monoisotopic (exact) mass is 218 g/mol. The Balaban J connectivity index is 2.44. The molecule has 0 heterocycles. The van der Waals surface area contributed by atoms with Crippen molar-refractivity contribution in [1.29, 1.82) is 5.26 Å². The summed E-state index contributed by atoms with van der Waals surface area (Å²) < 4.78 is 0. The van der Waals surface area contributed by atoms with Gasteiger partial charge in [0, 0.05) is 12.2 Å². The fourth-order valence-electron chi connectivity index (χ4n) is 1.40. The van der Waals surface area contributed by atoms with Crippen LogP contribution in [-0.2, 0) is 0 Å². The van der Waals surface area contributed by atoms with Crippen molar-refractivity contribution in [2.45, 2.75) is 6.42 Å². The minimum absolute atomic E-state index is 0.527. The van der Waals surface area contributed by atoms with Crippen LogP contribution in [-0.4, -0.2) is 32.1 Å². The Kier molecular flexibility index (Phi) is 4.62. The second-order valence-electron chi connectivity index (χ2n) is 4.00. The average Bonchev–Trinajstić information content (AvgIpc) is 2.24. The van der Waals surface area contributed by atoms with Crippen molar-refractivity contribution in [3.63, 3.8) is 0 Å². The van der Waals surface area contributed by atoms with E-state index in [0.29, 0.717) is 11.3 Å². The smallest absolute Gasteiger partial charge is 0.101 e. The van der Waals surface area contributed by atoms with E-state index in [1.165, 1.54) is 0 Å². The van der Waals surface area contributed by atoms with Crippen molar-refractivity contribution < 1.29 is 0 Å². The zero-order chi connectivity index (χ0) is 12.0. The van der Waals surface area contributed by atoms with Crippen LogP contribution in [0.3, 0.4) is 0 Å². The lowest BCUT2D eigenvalue weighted by Crippen LogP contribution is -2.16. The molecule has 3 N–H and O–H groups in total. The molecule has 16 heavy (non-hydrogen) atoms. The fourth-order valence-corrected chi connectivity index (χ4v) is 1.40. The molecule has 86 valence electrons. The van der Waals surface area contributed by atoms with E-state index in [9.17, 15) is 0 Å². The minimum Gasteiger partial charge on any atom is -0.398 e. The zero-order valence-electron chi connectivity index (χ0n) is 9.83. The van der Waals surface area contributed by atoms with Gasteiger partial charge >= 0.3 is 0 Å². The molecule has 4 nitrogen and oxygen atoms in total. The molecule has 0 unspecified atom stereocenters. The van der Waals surface area contributed by atoms with Crippen LogP contribution in [0.5, 0.6) is 0 Å². The van der Waals surface area contributed by atoms with Crippen LogP contribution >= 0.6 is 0 Å². The zero-order valence-corrected chi connectivity index (χ0v) is 9.83. The predicted octanol–water partition coefficient (Wildman–Crippen LogP) is 1.50. The van der Waals surface area contributed by atoms with Gasteiger partial charge in [-0.2, -0.15) is 5.26 Å². The highest BCUT2D eigenvalue weighted by Crippen LogP contribution is 2.16. The molecule has 0 atom stereocenters. The molecule has 0 bridgehead atoms. The van der Waals surface area contributed by atoms with E-state index < -0.39 is 0 Å². The standard InChI is InChI=1S/C12H18N4/c1-16(2)7-3-6-15-11-5-4-10(9-13)12(14)8-11/h4-5,8,15H,3,6-7,14H2,1-2H3. The van der Waals surface area contributed by atoms with Gasteiger partial charge in [-0.15, -0.1) is 0 Å². The van der Waals surface area contributed by atoms with E-state index in [-0.39, 0.29) is 0 Å². The number of hydrogen-bond acceptors (Lipinski definition) is 4. The quantitative estimate of drug-likeness (QED) is 0.580. The van der Waals surface area contributed by atoms with Gasteiger partial charge in [0.2, 0.25) is 0 Å². The molecule has 0 aliphatic carbocycles. The van der Waals surface area contributed by atoms with Crippen LogP contribution < -0.4 is 11.1 Å². The number of nitriles is 1. The third kappa shape index (κ3) is 3.79. The number of nitrogens with two attached hydrogens (primary N) is 1. The SMILES string of the molecule is CN(C)CCCNc1ccc(C#N)c(N)c1. The molecular formula is C12H18N4. The van der Waals surface area contributed by atoms with Crippen molar-refractivity contribution in [3.05, 3.63) is 23.8 Å². The molecule has 0 aromatic heterocycles. The van der Waals surface area contributed by atoms with Crippen LogP contribution in [0.25, 0.3) is 0 Å². The highest BCUT2D eigenvalue weighted by molar-refractivity contribution is 5.62. The summed E-state index contributed by atoms with van der Waals surface area (Å²) in [6, 6.07) is 7.46. The van der Waals surface area contributed by atoms with Crippen molar-refractivity contribution >= 4 is 11.4 Å². The number of anilines is 2. The molecule has 0 spiro atoms. The van der Waals surface area contributed by atoms with Gasteiger partial charge in [-0.3, -0.25) is 0 Å². The lowest BCUT2D eigenvalue weighted by molar-refractivity contribution is 0.405. The summed E-state index contributed by atoms with van der Waals surface area (Å²) in [5, 5.41) is 12.0. The number of nitrogens with one attached hydrogen (secondary N) is 1. The Morgan fingerprint density at radius 3 is 2.75 bits per heavy atom. The van der Waals surface area contributed by atoms with Crippen molar-refractivity contribution in [3.8, 4) is 6.07 Å². The summed E-state index contributed by atoms with van der Waals surface area (Å²) >= 11 is 0. The van der Waals surface area contributed by atoms with Gasteiger partial charge in [0.25, 0.3) is 0 Å². The van der Waals surface area contributed by atoms with Crippen LogP contribution in [0.2, 0.25) is 0 Å². The maximum atomic E-state index is 8.73. The number of benzene rings is 1. The Labute approximate surface area is 96.7 Å². The van der Waals surface area contributed by atoms with Crippen LogP contribution in [0.4, 0.5) is 11.4 Å². The maximum absolute atomic E-state index is 8.73. The molecule has 0 saturated carbocycles. The first-order valence-corrected chi connectivity index (χ1v) is 5.31. The van der Waals surface area contributed by atoms with Crippen LogP contribution in [0.1, 0.15) is 12.0 Å². The Morgan fingerprint density at radius 1 is 1.44 bits per heavy atom. The summed E-state index contributed by atoms with van der Waals surface area (Å²) in [7, 11) is 4.11. The lowest BCUT2D eigenvalue weighted by Gasteiger charge is -2.11. The Morgan fingerprint density at radius 2 is 2.19 bits per heavy atom. The molecule has 1 rings (SSSR count). The van der Waals surface area contributed by atoms with E-state index in [1.54, 1.807) is 12.1 Å². The second-order valence-corrected chi connectivity index (χ2v) is 4.00. The van der Waals surface area contributed by atoms with E-state index in [0.717, 1.165) is 25.2 Å². The van der Waals surface area contributed by atoms with E-state index >= 15 is 0 Å². The predicted molar refractivity (Wildman–Crippen MR) is 67.2 cm³/mol. The lowest BCUT2D eigenvalue weighted by atomic mass is 10.2. The molecule has 1 aromatic carbocycles. The number of hydrogen-bond donors (Lipinski definition) is 2. The van der Waals surface area contributed by atoms with Crippen molar-refractivity contribution in [2.24, 2.45) is 0 Å². The first kappa shape index (κ1) is 12.3. The van der Waals surface area contributed by atoms with Crippen molar-refractivity contribution in [2.75, 3.05) is 38.2 Å². The summed E-state index contributed by atoms with van der Waals surface area (Å²) in [5.74, 6) is 0. The van der Waals surface area contributed by atoms with Gasteiger partial charge in [0.05, 0.1) is 11.3 Å².